The molecule has 8 nitrogen and oxygen atoms in total. The SMILES string of the molecule is CN1CC(C(=O)NC(=NC2NNc3cc(F)ccc32)NC(C)(C)C)C(C(F)(F)F)N1. The molecule has 1 fully saturated rings. The third kappa shape index (κ3) is 5.18. The largest absolute Gasteiger partial charge is 0.405 e. The van der Waals surface area contributed by atoms with Gasteiger partial charge in [-0.25, -0.2) is 25.2 Å². The lowest BCUT2D eigenvalue weighted by atomic mass is 10.0. The summed E-state index contributed by atoms with van der Waals surface area (Å²) < 4.78 is 53.4. The first kappa shape index (κ1) is 22.2. The van der Waals surface area contributed by atoms with Gasteiger partial charge in [0.1, 0.15) is 18.0 Å². The van der Waals surface area contributed by atoms with Gasteiger partial charge in [-0.05, 0) is 32.9 Å². The number of hydrogen-bond donors (Lipinski definition) is 5. The van der Waals surface area contributed by atoms with E-state index in [0.717, 1.165) is 0 Å². The fourth-order valence-corrected chi connectivity index (χ4v) is 3.31. The molecule has 0 aliphatic carbocycles. The minimum atomic E-state index is -4.58. The molecule has 2 aliphatic rings. The number of fused-ring (bicyclic) bond motifs is 1. The van der Waals surface area contributed by atoms with E-state index < -0.39 is 41.6 Å². The normalized spacial score (nSPS) is 25.1. The number of anilines is 1. The number of guanidine groups is 1. The van der Waals surface area contributed by atoms with Crippen molar-refractivity contribution in [1.82, 2.24) is 26.5 Å². The number of hydrazine groups is 2. The van der Waals surface area contributed by atoms with Gasteiger partial charge in [-0.15, -0.1) is 0 Å². The van der Waals surface area contributed by atoms with Crippen molar-refractivity contribution in [3.8, 4) is 0 Å². The summed E-state index contributed by atoms with van der Waals surface area (Å²) >= 11 is 0. The van der Waals surface area contributed by atoms with E-state index in [9.17, 15) is 22.4 Å². The molecule has 3 rings (SSSR count). The third-order valence-electron chi connectivity index (χ3n) is 4.57. The Morgan fingerprint density at radius 3 is 2.60 bits per heavy atom. The lowest BCUT2D eigenvalue weighted by Gasteiger charge is -2.26. The molecule has 0 aromatic heterocycles. The molecule has 3 unspecified atom stereocenters. The third-order valence-corrected chi connectivity index (χ3v) is 4.57. The predicted molar refractivity (Wildman–Crippen MR) is 103 cm³/mol. The number of aliphatic imine (C=N–C) groups is 1. The molecule has 166 valence electrons. The number of amides is 1. The summed E-state index contributed by atoms with van der Waals surface area (Å²) in [6, 6.07) is 2.12. The molecule has 1 amide bonds. The van der Waals surface area contributed by atoms with Gasteiger partial charge in [0.25, 0.3) is 0 Å². The van der Waals surface area contributed by atoms with Crippen LogP contribution in [-0.4, -0.2) is 48.2 Å². The van der Waals surface area contributed by atoms with E-state index in [1.54, 1.807) is 0 Å². The van der Waals surface area contributed by atoms with E-state index in [0.29, 0.717) is 11.3 Å². The summed E-state index contributed by atoms with van der Waals surface area (Å²) in [6.45, 7) is 5.36. The quantitative estimate of drug-likeness (QED) is 0.278. The number of benzene rings is 1. The number of nitrogens with zero attached hydrogens (tertiary/aromatic N) is 2. The zero-order chi connectivity index (χ0) is 22.3. The number of carbonyl (C=O) groups is 1. The summed E-state index contributed by atoms with van der Waals surface area (Å²) in [7, 11) is 1.44. The Labute approximate surface area is 171 Å². The number of nitrogens with one attached hydrogen (secondary N) is 5. The highest BCUT2D eigenvalue weighted by atomic mass is 19.4. The molecule has 1 saturated heterocycles. The molecule has 1 aromatic rings. The highest BCUT2D eigenvalue weighted by molar-refractivity contribution is 5.99. The fourth-order valence-electron chi connectivity index (χ4n) is 3.31. The van der Waals surface area contributed by atoms with Gasteiger partial charge in [-0.1, -0.05) is 6.07 Å². The van der Waals surface area contributed by atoms with Crippen LogP contribution in [0.25, 0.3) is 0 Å². The molecule has 0 saturated carbocycles. The molecule has 12 heteroatoms. The first-order valence-electron chi connectivity index (χ1n) is 9.35. The Bertz CT molecular complexity index is 837. The van der Waals surface area contributed by atoms with E-state index in [2.05, 4.69) is 31.9 Å². The summed E-state index contributed by atoms with van der Waals surface area (Å²) in [5.74, 6) is -2.57. The van der Waals surface area contributed by atoms with Crippen LogP contribution in [0.2, 0.25) is 0 Å². The Morgan fingerprint density at radius 2 is 1.97 bits per heavy atom. The lowest BCUT2D eigenvalue weighted by Crippen LogP contribution is -2.54. The van der Waals surface area contributed by atoms with Crippen molar-refractivity contribution in [3.05, 3.63) is 29.6 Å². The Balaban J connectivity index is 1.83. The second-order valence-electron chi connectivity index (χ2n) is 8.38. The van der Waals surface area contributed by atoms with E-state index in [1.165, 1.54) is 30.3 Å². The van der Waals surface area contributed by atoms with Crippen molar-refractivity contribution in [2.24, 2.45) is 10.9 Å². The molecule has 3 atom stereocenters. The first-order valence-corrected chi connectivity index (χ1v) is 9.35. The van der Waals surface area contributed by atoms with Crippen LogP contribution < -0.4 is 26.9 Å². The van der Waals surface area contributed by atoms with Crippen molar-refractivity contribution in [2.75, 3.05) is 19.0 Å². The maximum absolute atomic E-state index is 13.4. The van der Waals surface area contributed by atoms with Gasteiger partial charge in [0.05, 0.1) is 11.6 Å². The van der Waals surface area contributed by atoms with Crippen molar-refractivity contribution in [1.29, 1.82) is 0 Å². The molecule has 2 aliphatic heterocycles. The van der Waals surface area contributed by atoms with Crippen LogP contribution in [0.5, 0.6) is 0 Å². The van der Waals surface area contributed by atoms with E-state index in [4.69, 9.17) is 0 Å². The van der Waals surface area contributed by atoms with Gasteiger partial charge in [0, 0.05) is 24.7 Å². The number of hydrogen-bond acceptors (Lipinski definition) is 6. The number of carbonyl (C=O) groups excluding carboxylic acids is 1. The first-order chi connectivity index (χ1) is 13.8. The van der Waals surface area contributed by atoms with Crippen molar-refractivity contribution in [2.45, 2.75) is 44.7 Å². The number of alkyl halides is 3. The summed E-state index contributed by atoms with van der Waals surface area (Å²) in [5, 5.41) is 6.74. The molecule has 1 aromatic carbocycles. The highest BCUT2D eigenvalue weighted by Gasteiger charge is 2.52. The van der Waals surface area contributed by atoms with Crippen LogP contribution >= 0.6 is 0 Å². The minimum Gasteiger partial charge on any atom is -0.351 e. The Morgan fingerprint density at radius 1 is 1.27 bits per heavy atom. The van der Waals surface area contributed by atoms with Gasteiger partial charge < -0.3 is 10.7 Å². The van der Waals surface area contributed by atoms with Crippen LogP contribution in [0.1, 0.15) is 32.5 Å². The zero-order valence-electron chi connectivity index (χ0n) is 17.0. The lowest BCUT2D eigenvalue weighted by molar-refractivity contribution is -0.168. The van der Waals surface area contributed by atoms with Crippen LogP contribution in [0.15, 0.2) is 23.2 Å². The molecular formula is C18H25F4N7O. The van der Waals surface area contributed by atoms with Crippen molar-refractivity contribution < 1.29 is 22.4 Å². The maximum atomic E-state index is 13.4. The van der Waals surface area contributed by atoms with Crippen LogP contribution in [0.4, 0.5) is 23.2 Å². The molecular weight excluding hydrogens is 406 g/mol. The maximum Gasteiger partial charge on any atom is 0.405 e. The van der Waals surface area contributed by atoms with Gasteiger partial charge in [-0.3, -0.25) is 10.1 Å². The Kier molecular flexibility index (Phi) is 5.94. The van der Waals surface area contributed by atoms with Gasteiger partial charge in [0.2, 0.25) is 5.91 Å². The molecule has 0 bridgehead atoms. The fraction of sp³-hybridized carbons (Fsp3) is 0.556. The van der Waals surface area contributed by atoms with Gasteiger partial charge in [-0.2, -0.15) is 13.2 Å². The monoisotopic (exact) mass is 431 g/mol. The van der Waals surface area contributed by atoms with Crippen LogP contribution in [0, 0.1) is 11.7 Å². The van der Waals surface area contributed by atoms with Crippen molar-refractivity contribution >= 4 is 17.6 Å². The molecule has 0 radical (unpaired) electrons. The summed E-state index contributed by atoms with van der Waals surface area (Å²) in [4.78, 5) is 17.1. The highest BCUT2D eigenvalue weighted by Crippen LogP contribution is 2.31. The molecule has 5 N–H and O–H groups in total. The molecule has 30 heavy (non-hydrogen) atoms. The molecule has 2 heterocycles. The van der Waals surface area contributed by atoms with Crippen LogP contribution in [0.3, 0.4) is 0 Å². The van der Waals surface area contributed by atoms with Crippen LogP contribution in [-0.2, 0) is 4.79 Å². The predicted octanol–water partition coefficient (Wildman–Crippen LogP) is 1.61. The minimum absolute atomic E-state index is 0.0134. The number of halogens is 4. The smallest absolute Gasteiger partial charge is 0.351 e. The van der Waals surface area contributed by atoms with E-state index in [1.807, 2.05) is 20.8 Å². The average Bonchev–Trinajstić information content (AvgIpc) is 3.16. The topological polar surface area (TPSA) is 92.8 Å². The number of rotatable bonds is 2. The summed E-state index contributed by atoms with van der Waals surface area (Å²) in [5.41, 5.74) is 8.51. The van der Waals surface area contributed by atoms with E-state index >= 15 is 0 Å². The zero-order valence-corrected chi connectivity index (χ0v) is 17.0. The standard InChI is InChI=1S/C18H25F4N7O/c1-17(2,3)25-16(23-14-10-6-5-9(19)7-12(10)26-27-14)24-15(30)11-8-29(4)28-13(11)18(20,21)22/h5-7,11,13-14,26-28H,8H2,1-4H3,(H2,23,24,25,30). The summed E-state index contributed by atoms with van der Waals surface area (Å²) in [6.07, 6.45) is -5.25. The van der Waals surface area contributed by atoms with Crippen molar-refractivity contribution in [3.63, 3.8) is 0 Å². The Hall–Kier alpha value is -2.44. The second-order valence-corrected chi connectivity index (χ2v) is 8.38. The van der Waals surface area contributed by atoms with Gasteiger partial charge in [0.15, 0.2) is 5.96 Å². The van der Waals surface area contributed by atoms with Gasteiger partial charge >= 0.3 is 6.18 Å². The van der Waals surface area contributed by atoms with E-state index in [-0.39, 0.29) is 12.5 Å². The second kappa shape index (κ2) is 8.00. The molecule has 0 spiro atoms. The average molecular weight is 431 g/mol.